The average molecular weight is 247 g/mol. The van der Waals surface area contributed by atoms with Crippen molar-refractivity contribution < 1.29 is 4.79 Å². The van der Waals surface area contributed by atoms with Crippen LogP contribution < -0.4 is 10.7 Å². The molecule has 1 aliphatic heterocycles. The normalized spacial score (nSPS) is 16.6. The van der Waals surface area contributed by atoms with Gasteiger partial charge in [0.05, 0.1) is 6.54 Å². The van der Waals surface area contributed by atoms with Crippen LogP contribution >= 0.6 is 0 Å². The van der Waals surface area contributed by atoms with E-state index in [1.165, 1.54) is 5.69 Å². The minimum Gasteiger partial charge on any atom is -0.369 e. The predicted molar refractivity (Wildman–Crippen MR) is 71.7 cm³/mol. The molecule has 0 aromatic heterocycles. The van der Waals surface area contributed by atoms with Crippen molar-refractivity contribution in [1.82, 2.24) is 9.91 Å². The zero-order valence-corrected chi connectivity index (χ0v) is 10.5. The lowest BCUT2D eigenvalue weighted by molar-refractivity contribution is 0.232. The van der Waals surface area contributed by atoms with Crippen LogP contribution in [0.4, 0.5) is 5.69 Å². The molecule has 0 aliphatic carbocycles. The largest absolute Gasteiger partial charge is 0.369 e. The number of benzene rings is 1. The number of hydrogen-bond acceptors (Lipinski definition) is 4. The summed E-state index contributed by atoms with van der Waals surface area (Å²) < 4.78 is 0. The Bertz CT molecular complexity index is 363. The van der Waals surface area contributed by atoms with Crippen LogP contribution in [0.5, 0.6) is 0 Å². The summed E-state index contributed by atoms with van der Waals surface area (Å²) in [5.74, 6) is 5.38. The molecule has 1 saturated heterocycles. The summed E-state index contributed by atoms with van der Waals surface area (Å²) >= 11 is 0. The van der Waals surface area contributed by atoms with Gasteiger partial charge in [0.1, 0.15) is 0 Å². The third kappa shape index (κ3) is 3.45. The molecule has 1 heterocycles. The van der Waals surface area contributed by atoms with Crippen LogP contribution in [0.1, 0.15) is 0 Å². The first-order valence-electron chi connectivity index (χ1n) is 6.22. The summed E-state index contributed by atoms with van der Waals surface area (Å²) in [5.41, 5.74) is 1.28. The SMILES string of the molecule is NN([C]=O)CCN1CCN(c2ccccc2)CC1. The van der Waals surface area contributed by atoms with Crippen molar-refractivity contribution in [2.75, 3.05) is 44.2 Å². The van der Waals surface area contributed by atoms with Gasteiger partial charge in [-0.2, -0.15) is 0 Å². The van der Waals surface area contributed by atoms with Gasteiger partial charge in [0.15, 0.2) is 0 Å². The minimum atomic E-state index is 0.537. The molecule has 1 aliphatic rings. The second-order valence-electron chi connectivity index (χ2n) is 4.45. The molecule has 2 N–H and O–H groups in total. The molecule has 0 bridgehead atoms. The maximum Gasteiger partial charge on any atom is 0.327 e. The molecular weight excluding hydrogens is 228 g/mol. The second kappa shape index (κ2) is 6.37. The van der Waals surface area contributed by atoms with Crippen molar-refractivity contribution in [3.05, 3.63) is 30.3 Å². The van der Waals surface area contributed by atoms with Gasteiger partial charge in [0.2, 0.25) is 0 Å². The summed E-state index contributed by atoms with van der Waals surface area (Å²) in [4.78, 5) is 15.0. The quantitative estimate of drug-likeness (QED) is 0.346. The van der Waals surface area contributed by atoms with Gasteiger partial charge in [0, 0.05) is 38.4 Å². The van der Waals surface area contributed by atoms with E-state index in [2.05, 4.69) is 34.1 Å². The summed E-state index contributed by atoms with van der Waals surface area (Å²) in [5, 5.41) is 1.07. The third-order valence-corrected chi connectivity index (χ3v) is 3.27. The van der Waals surface area contributed by atoms with E-state index >= 15 is 0 Å². The van der Waals surface area contributed by atoms with Crippen LogP contribution in [0, 0.1) is 0 Å². The van der Waals surface area contributed by atoms with Crippen molar-refractivity contribution in [1.29, 1.82) is 0 Å². The minimum absolute atomic E-state index is 0.537. The predicted octanol–water partition coefficient (Wildman–Crippen LogP) is 0.0515. The van der Waals surface area contributed by atoms with Gasteiger partial charge in [-0.3, -0.25) is 14.7 Å². The van der Waals surface area contributed by atoms with Crippen LogP contribution in [0.15, 0.2) is 30.3 Å². The Morgan fingerprint density at radius 2 is 1.83 bits per heavy atom. The number of rotatable bonds is 5. The molecule has 5 nitrogen and oxygen atoms in total. The fourth-order valence-electron chi connectivity index (χ4n) is 2.16. The van der Waals surface area contributed by atoms with Crippen molar-refractivity contribution in [3.8, 4) is 0 Å². The number of nitrogens with two attached hydrogens (primary N) is 1. The highest BCUT2D eigenvalue weighted by atomic mass is 16.1. The number of hydrogen-bond donors (Lipinski definition) is 1. The molecule has 0 unspecified atom stereocenters. The molecule has 18 heavy (non-hydrogen) atoms. The zero-order chi connectivity index (χ0) is 12.8. The second-order valence-corrected chi connectivity index (χ2v) is 4.45. The van der Waals surface area contributed by atoms with Crippen LogP contribution in [0.25, 0.3) is 0 Å². The van der Waals surface area contributed by atoms with E-state index in [1.807, 2.05) is 6.07 Å². The molecule has 2 rings (SSSR count). The van der Waals surface area contributed by atoms with Gasteiger partial charge < -0.3 is 4.90 Å². The Labute approximate surface area is 108 Å². The molecule has 5 heteroatoms. The van der Waals surface area contributed by atoms with Gasteiger partial charge in [-0.1, -0.05) is 18.2 Å². The maximum atomic E-state index is 10.3. The van der Waals surface area contributed by atoms with Gasteiger partial charge in [-0.05, 0) is 12.1 Å². The average Bonchev–Trinajstić information content (AvgIpc) is 2.46. The van der Waals surface area contributed by atoms with Gasteiger partial charge in [-0.25, -0.2) is 5.84 Å². The molecule has 1 aromatic rings. The fourth-order valence-corrected chi connectivity index (χ4v) is 2.16. The van der Waals surface area contributed by atoms with E-state index in [4.69, 9.17) is 5.84 Å². The number of carbonyl (C=O) groups excluding carboxylic acids is 1. The van der Waals surface area contributed by atoms with Gasteiger partial charge >= 0.3 is 6.41 Å². The summed E-state index contributed by atoms with van der Waals surface area (Å²) in [6, 6.07) is 10.4. The Morgan fingerprint density at radius 3 is 2.44 bits per heavy atom. The number of anilines is 1. The van der Waals surface area contributed by atoms with E-state index in [0.717, 1.165) is 37.7 Å². The molecule has 0 saturated carbocycles. The Balaban J connectivity index is 1.76. The molecule has 1 aromatic carbocycles. The molecule has 0 spiro atoms. The Morgan fingerprint density at radius 1 is 1.17 bits per heavy atom. The first kappa shape index (κ1) is 12.9. The van der Waals surface area contributed by atoms with Gasteiger partial charge in [-0.15, -0.1) is 0 Å². The first-order chi connectivity index (χ1) is 8.79. The van der Waals surface area contributed by atoms with Crippen molar-refractivity contribution in [2.24, 2.45) is 5.84 Å². The van der Waals surface area contributed by atoms with Crippen LogP contribution in [-0.4, -0.2) is 55.6 Å². The van der Waals surface area contributed by atoms with Gasteiger partial charge in [0.25, 0.3) is 0 Å². The third-order valence-electron chi connectivity index (χ3n) is 3.27. The lowest BCUT2D eigenvalue weighted by Crippen LogP contribution is -2.49. The monoisotopic (exact) mass is 247 g/mol. The topological polar surface area (TPSA) is 52.8 Å². The maximum absolute atomic E-state index is 10.3. The highest BCUT2D eigenvalue weighted by Gasteiger charge is 2.16. The van der Waals surface area contributed by atoms with Crippen LogP contribution in [0.3, 0.4) is 0 Å². The standard InChI is InChI=1S/C13H19N4O/c14-17(12-18)11-8-15-6-9-16(10-7-15)13-4-2-1-3-5-13/h1-5H,6-11,14H2. The molecule has 1 amide bonds. The molecule has 1 radical (unpaired) electrons. The number of para-hydroxylation sites is 1. The van der Waals surface area contributed by atoms with Crippen molar-refractivity contribution >= 4 is 12.1 Å². The number of hydrazine groups is 1. The fraction of sp³-hybridized carbons (Fsp3) is 0.462. The smallest absolute Gasteiger partial charge is 0.327 e. The number of piperazine rings is 1. The van der Waals surface area contributed by atoms with E-state index in [0.29, 0.717) is 6.54 Å². The summed E-state index contributed by atoms with van der Waals surface area (Å²) in [6.45, 7) is 5.38. The zero-order valence-electron chi connectivity index (χ0n) is 10.5. The van der Waals surface area contributed by atoms with Crippen molar-refractivity contribution in [2.45, 2.75) is 0 Å². The molecule has 0 atom stereocenters. The van der Waals surface area contributed by atoms with Crippen LogP contribution in [0.2, 0.25) is 0 Å². The summed E-state index contributed by atoms with van der Waals surface area (Å²) in [7, 11) is 0. The lowest BCUT2D eigenvalue weighted by atomic mass is 10.2. The highest BCUT2D eigenvalue weighted by molar-refractivity contribution is 5.47. The molecule has 1 fully saturated rings. The highest BCUT2D eigenvalue weighted by Crippen LogP contribution is 2.15. The Hall–Kier alpha value is -1.59. The van der Waals surface area contributed by atoms with Crippen LogP contribution in [-0.2, 0) is 4.79 Å². The van der Waals surface area contributed by atoms with Crippen molar-refractivity contribution in [3.63, 3.8) is 0 Å². The lowest BCUT2D eigenvalue weighted by Gasteiger charge is -2.36. The van der Waals surface area contributed by atoms with E-state index in [1.54, 1.807) is 6.41 Å². The summed E-state index contributed by atoms with van der Waals surface area (Å²) in [6.07, 6.45) is 1.66. The van der Waals surface area contributed by atoms with E-state index in [-0.39, 0.29) is 0 Å². The number of nitrogens with zero attached hydrogens (tertiary/aromatic N) is 3. The van der Waals surface area contributed by atoms with E-state index < -0.39 is 0 Å². The van der Waals surface area contributed by atoms with E-state index in [9.17, 15) is 4.79 Å². The first-order valence-corrected chi connectivity index (χ1v) is 6.22. The Kier molecular flexibility index (Phi) is 4.55. The number of amides is 1. The molecule has 97 valence electrons. The molecular formula is C13H19N4O.